The molecule has 0 saturated carbocycles. The number of aromatic nitrogens is 1. The Kier molecular flexibility index (Phi) is 5.74. The van der Waals surface area contributed by atoms with Crippen LogP contribution < -0.4 is 10.2 Å². The van der Waals surface area contributed by atoms with E-state index in [1.54, 1.807) is 23.2 Å². The van der Waals surface area contributed by atoms with Crippen molar-refractivity contribution in [1.29, 1.82) is 0 Å². The molecule has 29 heavy (non-hydrogen) atoms. The van der Waals surface area contributed by atoms with Crippen molar-refractivity contribution in [3.63, 3.8) is 0 Å². The Labute approximate surface area is 169 Å². The van der Waals surface area contributed by atoms with Crippen LogP contribution in [-0.4, -0.2) is 47.4 Å². The van der Waals surface area contributed by atoms with Gasteiger partial charge in [0.2, 0.25) is 11.8 Å². The molecule has 3 heterocycles. The summed E-state index contributed by atoms with van der Waals surface area (Å²) in [7, 11) is 0. The molecule has 2 aliphatic rings. The minimum absolute atomic E-state index is 0.00910. The second kappa shape index (κ2) is 8.59. The highest BCUT2D eigenvalue weighted by Gasteiger charge is 2.35. The van der Waals surface area contributed by atoms with Crippen molar-refractivity contribution < 1.29 is 14.0 Å². The Morgan fingerprint density at radius 3 is 2.62 bits per heavy atom. The molecule has 0 bridgehead atoms. The standard InChI is InChI=1S/C22H25FN4O2/c23-19-6-1-2-7-20(19)26-11-8-17(9-12-26)25-22(29)16-13-21(28)27(14-16)15-18-5-3-4-10-24-18/h1-7,10,16-17H,8-9,11-15H2,(H,25,29). The van der Waals surface area contributed by atoms with E-state index in [-0.39, 0.29) is 36.0 Å². The van der Waals surface area contributed by atoms with Crippen LogP contribution in [0.4, 0.5) is 10.1 Å². The van der Waals surface area contributed by atoms with E-state index in [9.17, 15) is 14.0 Å². The van der Waals surface area contributed by atoms with Gasteiger partial charge in [0.25, 0.3) is 0 Å². The maximum absolute atomic E-state index is 14.0. The van der Waals surface area contributed by atoms with E-state index in [0.717, 1.165) is 18.5 Å². The van der Waals surface area contributed by atoms with Crippen LogP contribution >= 0.6 is 0 Å². The molecule has 0 radical (unpaired) electrons. The van der Waals surface area contributed by atoms with Crippen LogP contribution in [0.3, 0.4) is 0 Å². The molecule has 2 saturated heterocycles. The Bertz CT molecular complexity index is 868. The van der Waals surface area contributed by atoms with Crippen molar-refractivity contribution in [2.24, 2.45) is 5.92 Å². The van der Waals surface area contributed by atoms with Gasteiger partial charge in [-0.25, -0.2) is 4.39 Å². The van der Waals surface area contributed by atoms with Gasteiger partial charge in [0.05, 0.1) is 23.8 Å². The summed E-state index contributed by atoms with van der Waals surface area (Å²) in [5, 5.41) is 3.10. The molecule has 2 fully saturated rings. The molecule has 1 aromatic carbocycles. The summed E-state index contributed by atoms with van der Waals surface area (Å²) in [6, 6.07) is 12.4. The zero-order valence-electron chi connectivity index (χ0n) is 16.3. The highest BCUT2D eigenvalue weighted by Crippen LogP contribution is 2.24. The summed E-state index contributed by atoms with van der Waals surface area (Å²) in [6.07, 6.45) is 3.47. The van der Waals surface area contributed by atoms with Gasteiger partial charge in [0.1, 0.15) is 5.82 Å². The number of nitrogens with zero attached hydrogens (tertiary/aromatic N) is 3. The van der Waals surface area contributed by atoms with Gasteiger partial charge in [0, 0.05) is 38.3 Å². The summed E-state index contributed by atoms with van der Waals surface area (Å²) in [5.41, 5.74) is 1.44. The van der Waals surface area contributed by atoms with Gasteiger partial charge in [0.15, 0.2) is 0 Å². The average Bonchev–Trinajstić information content (AvgIpc) is 3.10. The number of hydrogen-bond donors (Lipinski definition) is 1. The number of likely N-dealkylation sites (tertiary alicyclic amines) is 1. The Balaban J connectivity index is 1.27. The lowest BCUT2D eigenvalue weighted by Crippen LogP contribution is -2.46. The fourth-order valence-corrected chi connectivity index (χ4v) is 4.08. The molecule has 2 aromatic rings. The van der Waals surface area contributed by atoms with Crippen LogP contribution in [0.1, 0.15) is 25.0 Å². The molecule has 4 rings (SSSR count). The van der Waals surface area contributed by atoms with Crippen LogP contribution in [0, 0.1) is 11.7 Å². The molecule has 1 unspecified atom stereocenters. The van der Waals surface area contributed by atoms with Crippen molar-refractivity contribution in [3.8, 4) is 0 Å². The Morgan fingerprint density at radius 1 is 1.14 bits per heavy atom. The second-order valence-electron chi connectivity index (χ2n) is 7.72. The third-order valence-electron chi connectivity index (χ3n) is 5.70. The predicted octanol–water partition coefficient (Wildman–Crippen LogP) is 2.35. The topological polar surface area (TPSA) is 65.5 Å². The van der Waals surface area contributed by atoms with Gasteiger partial charge in [-0.2, -0.15) is 0 Å². The number of nitrogens with one attached hydrogen (secondary N) is 1. The minimum atomic E-state index is -0.323. The first-order valence-electron chi connectivity index (χ1n) is 10.1. The molecule has 0 aliphatic carbocycles. The van der Waals surface area contributed by atoms with Gasteiger partial charge in [-0.05, 0) is 37.1 Å². The highest BCUT2D eigenvalue weighted by molar-refractivity contribution is 5.89. The molecule has 1 N–H and O–H groups in total. The number of benzene rings is 1. The number of hydrogen-bond acceptors (Lipinski definition) is 4. The average molecular weight is 396 g/mol. The number of piperidine rings is 1. The summed E-state index contributed by atoms with van der Waals surface area (Å²) < 4.78 is 14.0. The van der Waals surface area contributed by atoms with Gasteiger partial charge < -0.3 is 15.1 Å². The quantitative estimate of drug-likeness (QED) is 0.843. The molecule has 1 atom stereocenters. The maximum atomic E-state index is 14.0. The van der Waals surface area contributed by atoms with Gasteiger partial charge in [-0.15, -0.1) is 0 Å². The minimum Gasteiger partial charge on any atom is -0.369 e. The second-order valence-corrected chi connectivity index (χ2v) is 7.72. The van der Waals surface area contributed by atoms with Crippen molar-refractivity contribution in [2.45, 2.75) is 31.8 Å². The fraction of sp³-hybridized carbons (Fsp3) is 0.409. The Morgan fingerprint density at radius 2 is 1.90 bits per heavy atom. The third kappa shape index (κ3) is 4.55. The van der Waals surface area contributed by atoms with Crippen LogP contribution in [0.2, 0.25) is 0 Å². The Hall–Kier alpha value is -2.96. The number of carbonyl (C=O) groups is 2. The molecule has 1 aromatic heterocycles. The van der Waals surface area contributed by atoms with Crippen LogP contribution in [0.5, 0.6) is 0 Å². The SMILES string of the molecule is O=C(NC1CCN(c2ccccc2F)CC1)C1CC(=O)N(Cc2ccccn2)C1. The lowest BCUT2D eigenvalue weighted by Gasteiger charge is -2.34. The smallest absolute Gasteiger partial charge is 0.225 e. The largest absolute Gasteiger partial charge is 0.369 e. The van der Waals surface area contributed by atoms with E-state index in [0.29, 0.717) is 31.9 Å². The predicted molar refractivity (Wildman–Crippen MR) is 108 cm³/mol. The summed E-state index contributed by atoms with van der Waals surface area (Å²) >= 11 is 0. The van der Waals surface area contributed by atoms with Crippen LogP contribution in [-0.2, 0) is 16.1 Å². The number of para-hydroxylation sites is 1. The molecular weight excluding hydrogens is 371 g/mol. The number of amides is 2. The summed E-state index contributed by atoms with van der Waals surface area (Å²) in [6.45, 7) is 2.25. The van der Waals surface area contributed by atoms with Crippen LogP contribution in [0.25, 0.3) is 0 Å². The molecule has 6 nitrogen and oxygen atoms in total. The summed E-state index contributed by atoms with van der Waals surface area (Å²) in [4.78, 5) is 33.0. The monoisotopic (exact) mass is 396 g/mol. The molecule has 0 spiro atoms. The first-order chi connectivity index (χ1) is 14.1. The molecule has 2 amide bonds. The lowest BCUT2D eigenvalue weighted by atomic mass is 10.0. The fourth-order valence-electron chi connectivity index (χ4n) is 4.08. The lowest BCUT2D eigenvalue weighted by molar-refractivity contribution is -0.129. The maximum Gasteiger partial charge on any atom is 0.225 e. The van der Waals surface area contributed by atoms with Gasteiger partial charge in [-0.1, -0.05) is 18.2 Å². The van der Waals surface area contributed by atoms with Crippen molar-refractivity contribution in [3.05, 3.63) is 60.2 Å². The molecule has 7 heteroatoms. The molecular formula is C22H25FN4O2. The molecule has 152 valence electrons. The van der Waals surface area contributed by atoms with Gasteiger partial charge in [-0.3, -0.25) is 14.6 Å². The number of anilines is 1. The zero-order chi connectivity index (χ0) is 20.2. The van der Waals surface area contributed by atoms with E-state index in [4.69, 9.17) is 0 Å². The van der Waals surface area contributed by atoms with Gasteiger partial charge >= 0.3 is 0 Å². The van der Waals surface area contributed by atoms with E-state index in [1.807, 2.05) is 29.2 Å². The van der Waals surface area contributed by atoms with E-state index in [2.05, 4.69) is 10.3 Å². The van der Waals surface area contributed by atoms with Crippen molar-refractivity contribution in [1.82, 2.24) is 15.2 Å². The number of halogens is 1. The number of pyridine rings is 1. The van der Waals surface area contributed by atoms with Crippen LogP contribution in [0.15, 0.2) is 48.7 Å². The first-order valence-corrected chi connectivity index (χ1v) is 10.1. The molecule has 2 aliphatic heterocycles. The first kappa shape index (κ1) is 19.4. The highest BCUT2D eigenvalue weighted by atomic mass is 19.1. The van der Waals surface area contributed by atoms with Crippen molar-refractivity contribution >= 4 is 17.5 Å². The normalized spacial score (nSPS) is 20.2. The zero-order valence-corrected chi connectivity index (χ0v) is 16.3. The van der Waals surface area contributed by atoms with Crippen molar-refractivity contribution in [2.75, 3.05) is 24.5 Å². The third-order valence-corrected chi connectivity index (χ3v) is 5.70. The van der Waals surface area contributed by atoms with E-state index in [1.165, 1.54) is 6.07 Å². The summed E-state index contributed by atoms with van der Waals surface area (Å²) in [5.74, 6) is -0.611. The van der Waals surface area contributed by atoms with E-state index < -0.39 is 0 Å². The van der Waals surface area contributed by atoms with E-state index >= 15 is 0 Å². The number of rotatable bonds is 5. The number of carbonyl (C=O) groups excluding carboxylic acids is 2.